The molecule has 0 fully saturated rings. The molecule has 0 atom stereocenters. The Balaban J connectivity index is 3.61. The molecular formula is C12H20O7. The first-order valence-corrected chi connectivity index (χ1v) is 5.91. The average Bonchev–Trinajstić information content (AvgIpc) is 2.29. The highest BCUT2D eigenvalue weighted by Gasteiger charge is 2.17. The number of hydrogen-bond acceptors (Lipinski definition) is 7. The van der Waals surface area contributed by atoms with Gasteiger partial charge >= 0.3 is 12.3 Å². The zero-order valence-electron chi connectivity index (χ0n) is 11.7. The molecule has 0 radical (unpaired) electrons. The van der Waals surface area contributed by atoms with Gasteiger partial charge in [-0.2, -0.15) is 0 Å². The molecule has 0 heterocycles. The van der Waals surface area contributed by atoms with Gasteiger partial charge in [-0.25, -0.2) is 9.59 Å². The van der Waals surface area contributed by atoms with Crippen LogP contribution >= 0.6 is 0 Å². The molecular weight excluding hydrogens is 256 g/mol. The third-order valence-corrected chi connectivity index (χ3v) is 1.66. The van der Waals surface area contributed by atoms with Gasteiger partial charge in [-0.3, -0.25) is 4.79 Å². The lowest BCUT2D eigenvalue weighted by Crippen LogP contribution is -2.25. The molecule has 0 amide bonds. The molecule has 110 valence electrons. The van der Waals surface area contributed by atoms with Gasteiger partial charge in [-0.05, 0) is 20.8 Å². The van der Waals surface area contributed by atoms with Gasteiger partial charge in [0.1, 0.15) is 18.8 Å². The zero-order valence-corrected chi connectivity index (χ0v) is 11.7. The highest BCUT2D eigenvalue weighted by molar-refractivity contribution is 5.80. The Morgan fingerprint density at radius 2 is 1.42 bits per heavy atom. The highest BCUT2D eigenvalue weighted by Crippen LogP contribution is 2.07. The van der Waals surface area contributed by atoms with Crippen LogP contribution in [0.2, 0.25) is 0 Å². The Bertz CT molecular complexity index is 317. The SMILES string of the molecule is CCC(=O)COC(=O)OCCOC(=O)OC(C)(C)C. The second-order valence-electron chi connectivity index (χ2n) is 4.59. The van der Waals surface area contributed by atoms with Crippen molar-refractivity contribution in [1.29, 1.82) is 0 Å². The van der Waals surface area contributed by atoms with Crippen molar-refractivity contribution in [3.8, 4) is 0 Å². The van der Waals surface area contributed by atoms with E-state index in [0.29, 0.717) is 0 Å². The summed E-state index contributed by atoms with van der Waals surface area (Å²) in [6.07, 6.45) is -1.53. The number of Topliss-reactive ketones (excluding diaryl/α,β-unsaturated/α-hetero) is 1. The van der Waals surface area contributed by atoms with Gasteiger partial charge in [-0.1, -0.05) is 6.92 Å². The summed E-state index contributed by atoms with van der Waals surface area (Å²) in [5.74, 6) is -0.207. The molecule has 0 rings (SSSR count). The number of rotatable bonds is 6. The van der Waals surface area contributed by atoms with Crippen molar-refractivity contribution in [3.05, 3.63) is 0 Å². The molecule has 0 unspecified atom stereocenters. The summed E-state index contributed by atoms with van der Waals surface area (Å²) in [7, 11) is 0. The molecule has 0 aromatic heterocycles. The standard InChI is InChI=1S/C12H20O7/c1-5-9(13)8-18-10(14)16-6-7-17-11(15)19-12(2,3)4/h5-8H2,1-4H3. The highest BCUT2D eigenvalue weighted by atomic mass is 16.8. The first-order chi connectivity index (χ1) is 8.74. The van der Waals surface area contributed by atoms with E-state index in [-0.39, 0.29) is 32.0 Å². The quantitative estimate of drug-likeness (QED) is 0.542. The summed E-state index contributed by atoms with van der Waals surface area (Å²) in [5, 5.41) is 0. The van der Waals surface area contributed by atoms with Crippen LogP contribution in [-0.2, 0) is 23.7 Å². The summed E-state index contributed by atoms with van der Waals surface area (Å²) in [6, 6.07) is 0. The van der Waals surface area contributed by atoms with Crippen molar-refractivity contribution in [2.24, 2.45) is 0 Å². The smallest absolute Gasteiger partial charge is 0.431 e. The van der Waals surface area contributed by atoms with Crippen LogP contribution in [0.5, 0.6) is 0 Å². The van der Waals surface area contributed by atoms with E-state index in [2.05, 4.69) is 14.2 Å². The minimum Gasteiger partial charge on any atom is -0.431 e. The first-order valence-electron chi connectivity index (χ1n) is 5.91. The zero-order chi connectivity index (χ0) is 14.9. The van der Waals surface area contributed by atoms with Gasteiger partial charge in [0.15, 0.2) is 12.4 Å². The summed E-state index contributed by atoms with van der Waals surface area (Å²) in [5.41, 5.74) is -0.641. The van der Waals surface area contributed by atoms with Crippen LogP contribution in [0.25, 0.3) is 0 Å². The average molecular weight is 276 g/mol. The molecule has 0 saturated carbocycles. The van der Waals surface area contributed by atoms with Crippen LogP contribution in [0.1, 0.15) is 34.1 Å². The molecule has 0 bridgehead atoms. The van der Waals surface area contributed by atoms with Crippen LogP contribution in [-0.4, -0.2) is 43.5 Å². The van der Waals surface area contributed by atoms with E-state index in [1.54, 1.807) is 27.7 Å². The maximum Gasteiger partial charge on any atom is 0.508 e. The summed E-state index contributed by atoms with van der Waals surface area (Å²) >= 11 is 0. The molecule has 7 heteroatoms. The van der Waals surface area contributed by atoms with E-state index < -0.39 is 17.9 Å². The Kier molecular flexibility index (Phi) is 7.55. The van der Waals surface area contributed by atoms with Gasteiger partial charge in [0.05, 0.1) is 0 Å². The third kappa shape index (κ3) is 11.1. The summed E-state index contributed by atoms with van der Waals surface area (Å²) in [6.45, 7) is 6.13. The van der Waals surface area contributed by atoms with Gasteiger partial charge in [0.25, 0.3) is 0 Å². The molecule has 0 aliphatic carbocycles. The van der Waals surface area contributed by atoms with Crippen LogP contribution in [0.15, 0.2) is 0 Å². The topological polar surface area (TPSA) is 88.1 Å². The molecule has 0 aromatic rings. The molecule has 0 aliphatic heterocycles. The number of carbonyl (C=O) groups is 3. The van der Waals surface area contributed by atoms with Crippen molar-refractivity contribution < 1.29 is 33.3 Å². The summed E-state index contributed by atoms with van der Waals surface area (Å²) in [4.78, 5) is 32.9. The molecule has 0 spiro atoms. The predicted molar refractivity (Wildman–Crippen MR) is 64.8 cm³/mol. The van der Waals surface area contributed by atoms with E-state index in [1.807, 2.05) is 0 Å². The van der Waals surface area contributed by atoms with E-state index in [4.69, 9.17) is 4.74 Å². The molecule has 0 N–H and O–H groups in total. The van der Waals surface area contributed by atoms with Crippen molar-refractivity contribution >= 4 is 18.1 Å². The van der Waals surface area contributed by atoms with Crippen molar-refractivity contribution in [2.45, 2.75) is 39.7 Å². The monoisotopic (exact) mass is 276 g/mol. The number of ketones is 1. The van der Waals surface area contributed by atoms with Crippen LogP contribution in [0.4, 0.5) is 9.59 Å². The molecule has 7 nitrogen and oxygen atoms in total. The Hall–Kier alpha value is -1.79. The lowest BCUT2D eigenvalue weighted by Gasteiger charge is -2.18. The lowest BCUT2D eigenvalue weighted by molar-refractivity contribution is -0.122. The minimum absolute atomic E-state index is 0.147. The minimum atomic E-state index is -0.977. The number of carbonyl (C=O) groups excluding carboxylic acids is 3. The number of ether oxygens (including phenoxy) is 4. The Morgan fingerprint density at radius 3 is 1.89 bits per heavy atom. The van der Waals surface area contributed by atoms with Crippen molar-refractivity contribution in [3.63, 3.8) is 0 Å². The number of hydrogen-bond donors (Lipinski definition) is 0. The van der Waals surface area contributed by atoms with Gasteiger partial charge in [-0.15, -0.1) is 0 Å². The fraction of sp³-hybridized carbons (Fsp3) is 0.750. The maximum absolute atomic E-state index is 11.1. The third-order valence-electron chi connectivity index (χ3n) is 1.66. The van der Waals surface area contributed by atoms with E-state index in [0.717, 1.165) is 0 Å². The van der Waals surface area contributed by atoms with E-state index in [1.165, 1.54) is 0 Å². The molecule has 0 aliphatic rings. The largest absolute Gasteiger partial charge is 0.508 e. The van der Waals surface area contributed by atoms with E-state index >= 15 is 0 Å². The Morgan fingerprint density at radius 1 is 0.895 bits per heavy atom. The van der Waals surface area contributed by atoms with Crippen LogP contribution in [0.3, 0.4) is 0 Å². The lowest BCUT2D eigenvalue weighted by atomic mass is 10.2. The second-order valence-corrected chi connectivity index (χ2v) is 4.59. The fourth-order valence-electron chi connectivity index (χ4n) is 0.813. The normalized spacial score (nSPS) is 10.5. The Labute approximate surface area is 112 Å². The van der Waals surface area contributed by atoms with Gasteiger partial charge in [0.2, 0.25) is 0 Å². The predicted octanol–water partition coefficient (Wildman–Crippen LogP) is 2.07. The first kappa shape index (κ1) is 17.2. The van der Waals surface area contributed by atoms with E-state index in [9.17, 15) is 14.4 Å². The molecule has 0 saturated heterocycles. The van der Waals surface area contributed by atoms with Crippen molar-refractivity contribution in [1.82, 2.24) is 0 Å². The van der Waals surface area contributed by atoms with Gasteiger partial charge in [0, 0.05) is 6.42 Å². The second kappa shape index (κ2) is 8.34. The molecule has 19 heavy (non-hydrogen) atoms. The van der Waals surface area contributed by atoms with Crippen LogP contribution in [0, 0.1) is 0 Å². The van der Waals surface area contributed by atoms with Crippen molar-refractivity contribution in [2.75, 3.05) is 19.8 Å². The fourth-order valence-corrected chi connectivity index (χ4v) is 0.813. The maximum atomic E-state index is 11.1. The summed E-state index contributed by atoms with van der Waals surface area (Å²) < 4.78 is 18.6. The van der Waals surface area contributed by atoms with Crippen LogP contribution < -0.4 is 0 Å². The molecule has 0 aromatic carbocycles. The van der Waals surface area contributed by atoms with Gasteiger partial charge < -0.3 is 18.9 Å².